The Labute approximate surface area is 108 Å². The Bertz CT molecular complexity index is 464. The zero-order chi connectivity index (χ0) is 12.5. The molecular formula is C15H20N2O. The van der Waals surface area contributed by atoms with Crippen LogP contribution in [0.25, 0.3) is 0 Å². The van der Waals surface area contributed by atoms with Crippen molar-refractivity contribution in [2.24, 2.45) is 5.92 Å². The maximum atomic E-state index is 12.1. The monoisotopic (exact) mass is 244 g/mol. The smallest absolute Gasteiger partial charge is 0.254 e. The van der Waals surface area contributed by atoms with Crippen molar-refractivity contribution in [2.75, 3.05) is 5.32 Å². The highest BCUT2D eigenvalue weighted by Gasteiger charge is 2.30. The van der Waals surface area contributed by atoms with E-state index in [1.54, 1.807) is 0 Å². The fourth-order valence-corrected chi connectivity index (χ4v) is 3.16. The highest BCUT2D eigenvalue weighted by atomic mass is 16.2. The summed E-state index contributed by atoms with van der Waals surface area (Å²) in [5.74, 6) is 0.651. The van der Waals surface area contributed by atoms with Gasteiger partial charge in [0.15, 0.2) is 0 Å². The standard InChI is InChI=1S/C15H20N2O/c1-10-6-5-9-12-13(10)16-14(17-15(12)18)11-7-3-2-4-8-11/h5-6,9,11,14,16H,2-4,7-8H2,1H3,(H,17,18). The van der Waals surface area contributed by atoms with Gasteiger partial charge in [0.1, 0.15) is 6.17 Å². The number of anilines is 1. The summed E-state index contributed by atoms with van der Waals surface area (Å²) in [5.41, 5.74) is 2.96. The van der Waals surface area contributed by atoms with E-state index >= 15 is 0 Å². The first-order chi connectivity index (χ1) is 8.75. The van der Waals surface area contributed by atoms with E-state index in [9.17, 15) is 4.79 Å². The molecule has 1 atom stereocenters. The number of rotatable bonds is 1. The third-order valence-electron chi connectivity index (χ3n) is 4.23. The van der Waals surface area contributed by atoms with Gasteiger partial charge in [0, 0.05) is 0 Å². The van der Waals surface area contributed by atoms with Crippen molar-refractivity contribution in [2.45, 2.75) is 45.2 Å². The zero-order valence-corrected chi connectivity index (χ0v) is 10.8. The number of aryl methyl sites for hydroxylation is 1. The normalized spacial score (nSPS) is 24.1. The molecule has 2 aliphatic rings. The van der Waals surface area contributed by atoms with Crippen LogP contribution in [0.5, 0.6) is 0 Å². The Morgan fingerprint density at radius 1 is 1.11 bits per heavy atom. The summed E-state index contributed by atoms with van der Waals surface area (Å²) in [5, 5.41) is 6.65. The van der Waals surface area contributed by atoms with Crippen LogP contribution in [0.3, 0.4) is 0 Å². The first kappa shape index (κ1) is 11.6. The molecule has 1 unspecified atom stereocenters. The molecule has 3 rings (SSSR count). The number of amides is 1. The molecule has 3 heteroatoms. The summed E-state index contributed by atoms with van der Waals surface area (Å²) in [7, 11) is 0. The Kier molecular flexibility index (Phi) is 2.98. The lowest BCUT2D eigenvalue weighted by Gasteiger charge is -2.36. The number of hydrogen-bond acceptors (Lipinski definition) is 2. The van der Waals surface area contributed by atoms with E-state index in [1.807, 2.05) is 12.1 Å². The molecular weight excluding hydrogens is 224 g/mol. The van der Waals surface area contributed by atoms with E-state index in [4.69, 9.17) is 0 Å². The van der Waals surface area contributed by atoms with E-state index in [1.165, 1.54) is 32.1 Å². The molecule has 96 valence electrons. The molecule has 1 fully saturated rings. The SMILES string of the molecule is Cc1cccc2c1NC(C1CCCCC1)NC2=O. The van der Waals surface area contributed by atoms with Gasteiger partial charge in [0.05, 0.1) is 11.3 Å². The maximum absolute atomic E-state index is 12.1. The average molecular weight is 244 g/mol. The Morgan fingerprint density at radius 2 is 1.89 bits per heavy atom. The Balaban J connectivity index is 1.86. The Morgan fingerprint density at radius 3 is 2.67 bits per heavy atom. The van der Waals surface area contributed by atoms with Gasteiger partial charge in [-0.1, -0.05) is 31.4 Å². The summed E-state index contributed by atoms with van der Waals surface area (Å²) in [6.45, 7) is 2.06. The number of hydrogen-bond donors (Lipinski definition) is 2. The molecule has 1 aliphatic carbocycles. The van der Waals surface area contributed by atoms with Crippen LogP contribution in [-0.2, 0) is 0 Å². The molecule has 1 aliphatic heterocycles. The molecule has 0 radical (unpaired) electrons. The molecule has 2 N–H and O–H groups in total. The summed E-state index contributed by atoms with van der Waals surface area (Å²) < 4.78 is 0. The van der Waals surface area contributed by atoms with Gasteiger partial charge in [-0.25, -0.2) is 0 Å². The third kappa shape index (κ3) is 1.98. The van der Waals surface area contributed by atoms with Crippen molar-refractivity contribution in [1.82, 2.24) is 5.32 Å². The van der Waals surface area contributed by atoms with Crippen LogP contribution in [0.15, 0.2) is 18.2 Å². The molecule has 1 saturated carbocycles. The predicted molar refractivity (Wildman–Crippen MR) is 72.6 cm³/mol. The molecule has 0 spiro atoms. The number of carbonyl (C=O) groups is 1. The largest absolute Gasteiger partial charge is 0.364 e. The van der Waals surface area contributed by atoms with Gasteiger partial charge in [0.25, 0.3) is 5.91 Å². The summed E-state index contributed by atoms with van der Waals surface area (Å²) in [6.07, 6.45) is 6.48. The molecule has 1 heterocycles. The minimum absolute atomic E-state index is 0.0722. The summed E-state index contributed by atoms with van der Waals surface area (Å²) >= 11 is 0. The number of carbonyl (C=O) groups excluding carboxylic acids is 1. The molecule has 0 bridgehead atoms. The van der Waals surface area contributed by atoms with Crippen molar-refractivity contribution in [1.29, 1.82) is 0 Å². The lowest BCUT2D eigenvalue weighted by molar-refractivity contribution is 0.0914. The lowest BCUT2D eigenvalue weighted by Crippen LogP contribution is -2.50. The molecule has 0 saturated heterocycles. The van der Waals surface area contributed by atoms with Crippen LogP contribution in [0.4, 0.5) is 5.69 Å². The number of benzene rings is 1. The van der Waals surface area contributed by atoms with E-state index in [-0.39, 0.29) is 12.1 Å². The van der Waals surface area contributed by atoms with Crippen LogP contribution >= 0.6 is 0 Å². The highest BCUT2D eigenvalue weighted by Crippen LogP contribution is 2.31. The minimum atomic E-state index is 0.0722. The second kappa shape index (κ2) is 4.63. The third-order valence-corrected chi connectivity index (χ3v) is 4.23. The first-order valence-electron chi connectivity index (χ1n) is 6.93. The van der Waals surface area contributed by atoms with Gasteiger partial charge in [-0.05, 0) is 37.3 Å². The van der Waals surface area contributed by atoms with Crippen molar-refractivity contribution in [3.8, 4) is 0 Å². The van der Waals surface area contributed by atoms with Crippen LogP contribution in [0.1, 0.15) is 48.0 Å². The molecule has 18 heavy (non-hydrogen) atoms. The fraction of sp³-hybridized carbons (Fsp3) is 0.533. The van der Waals surface area contributed by atoms with Crippen molar-refractivity contribution < 1.29 is 4.79 Å². The quantitative estimate of drug-likeness (QED) is 0.797. The molecule has 1 aromatic carbocycles. The fourth-order valence-electron chi connectivity index (χ4n) is 3.16. The molecule has 1 amide bonds. The van der Waals surface area contributed by atoms with Crippen molar-refractivity contribution in [3.63, 3.8) is 0 Å². The number of fused-ring (bicyclic) bond motifs is 1. The van der Waals surface area contributed by atoms with Crippen LogP contribution in [-0.4, -0.2) is 12.1 Å². The van der Waals surface area contributed by atoms with E-state index in [0.29, 0.717) is 5.92 Å². The molecule has 1 aromatic rings. The van der Waals surface area contributed by atoms with Crippen molar-refractivity contribution >= 4 is 11.6 Å². The van der Waals surface area contributed by atoms with E-state index < -0.39 is 0 Å². The number of para-hydroxylation sites is 1. The van der Waals surface area contributed by atoms with Gasteiger partial charge >= 0.3 is 0 Å². The average Bonchev–Trinajstić information content (AvgIpc) is 2.41. The van der Waals surface area contributed by atoms with Crippen LogP contribution in [0, 0.1) is 12.8 Å². The Hall–Kier alpha value is -1.51. The van der Waals surface area contributed by atoms with Crippen molar-refractivity contribution in [3.05, 3.63) is 29.3 Å². The number of nitrogens with one attached hydrogen (secondary N) is 2. The zero-order valence-electron chi connectivity index (χ0n) is 10.8. The van der Waals surface area contributed by atoms with Gasteiger partial charge in [0.2, 0.25) is 0 Å². The second-order valence-corrected chi connectivity index (χ2v) is 5.49. The second-order valence-electron chi connectivity index (χ2n) is 5.49. The molecule has 3 nitrogen and oxygen atoms in total. The van der Waals surface area contributed by atoms with E-state index in [2.05, 4.69) is 23.6 Å². The van der Waals surface area contributed by atoms with Crippen LogP contribution in [0.2, 0.25) is 0 Å². The predicted octanol–water partition coefficient (Wildman–Crippen LogP) is 3.06. The van der Waals surface area contributed by atoms with E-state index in [0.717, 1.165) is 16.8 Å². The minimum Gasteiger partial charge on any atom is -0.364 e. The van der Waals surface area contributed by atoms with Crippen LogP contribution < -0.4 is 10.6 Å². The van der Waals surface area contributed by atoms with Gasteiger partial charge in [-0.15, -0.1) is 0 Å². The summed E-state index contributed by atoms with van der Waals surface area (Å²) in [6, 6.07) is 5.89. The van der Waals surface area contributed by atoms with Gasteiger partial charge in [-0.2, -0.15) is 0 Å². The lowest BCUT2D eigenvalue weighted by atomic mass is 9.86. The summed E-state index contributed by atoms with van der Waals surface area (Å²) in [4.78, 5) is 12.1. The first-order valence-corrected chi connectivity index (χ1v) is 6.93. The maximum Gasteiger partial charge on any atom is 0.254 e. The molecule has 0 aromatic heterocycles. The van der Waals surface area contributed by atoms with Gasteiger partial charge in [-0.3, -0.25) is 4.79 Å². The van der Waals surface area contributed by atoms with Gasteiger partial charge < -0.3 is 10.6 Å². The highest BCUT2D eigenvalue weighted by molar-refractivity contribution is 6.02. The topological polar surface area (TPSA) is 41.1 Å².